The number of ether oxygens (including phenoxy) is 2. The highest BCUT2D eigenvalue weighted by molar-refractivity contribution is 7.89. The maximum atomic E-state index is 13.2. The van der Waals surface area contributed by atoms with Crippen LogP contribution in [0.25, 0.3) is 0 Å². The Morgan fingerprint density at radius 2 is 1.31 bits per heavy atom. The highest BCUT2D eigenvalue weighted by Crippen LogP contribution is 2.23. The fourth-order valence-corrected chi connectivity index (χ4v) is 4.70. The molecule has 0 spiro atoms. The third-order valence-corrected chi connectivity index (χ3v) is 6.85. The summed E-state index contributed by atoms with van der Waals surface area (Å²) in [6, 6.07) is 30.4. The van der Waals surface area contributed by atoms with Gasteiger partial charge in [0.1, 0.15) is 23.3 Å². The van der Waals surface area contributed by atoms with E-state index in [2.05, 4.69) is 10.0 Å². The highest BCUT2D eigenvalue weighted by Gasteiger charge is 2.26. The molecule has 184 valence electrons. The number of benzene rings is 4. The minimum atomic E-state index is -3.97. The third kappa shape index (κ3) is 6.71. The van der Waals surface area contributed by atoms with Crippen LogP contribution in [-0.2, 0) is 21.2 Å². The van der Waals surface area contributed by atoms with Crippen molar-refractivity contribution >= 4 is 21.6 Å². The summed E-state index contributed by atoms with van der Waals surface area (Å²) in [5.41, 5.74) is 1.34. The van der Waals surface area contributed by atoms with E-state index in [0.29, 0.717) is 22.9 Å². The standard InChI is InChI=1S/C28H26N2O5S/c1-34-23-16-18-26(19-17-23)36(32,33)30-27(20-21-8-4-2-5-9-21)28(31)29-22-12-14-25(15-13-22)35-24-10-6-3-7-11-24/h2-19,27,30H,20H2,1H3,(H,29,31). The molecule has 1 atom stereocenters. The molecule has 0 radical (unpaired) electrons. The Balaban J connectivity index is 1.50. The fraction of sp³-hybridized carbons (Fsp3) is 0.107. The SMILES string of the molecule is COc1ccc(S(=O)(=O)NC(Cc2ccccc2)C(=O)Nc2ccc(Oc3ccccc3)cc2)cc1. The van der Waals surface area contributed by atoms with Crippen molar-refractivity contribution < 1.29 is 22.7 Å². The van der Waals surface area contributed by atoms with Crippen molar-refractivity contribution in [3.8, 4) is 17.2 Å². The molecular formula is C28H26N2O5S. The van der Waals surface area contributed by atoms with Crippen molar-refractivity contribution in [2.45, 2.75) is 17.4 Å². The molecule has 0 saturated carbocycles. The highest BCUT2D eigenvalue weighted by atomic mass is 32.2. The van der Waals surface area contributed by atoms with Gasteiger partial charge in [-0.2, -0.15) is 4.72 Å². The van der Waals surface area contributed by atoms with Crippen LogP contribution in [0.5, 0.6) is 17.2 Å². The molecule has 0 saturated heterocycles. The maximum Gasteiger partial charge on any atom is 0.242 e. The van der Waals surface area contributed by atoms with Crippen LogP contribution in [0.4, 0.5) is 5.69 Å². The summed E-state index contributed by atoms with van der Waals surface area (Å²) in [7, 11) is -2.47. The van der Waals surface area contributed by atoms with Gasteiger partial charge in [-0.15, -0.1) is 0 Å². The van der Waals surface area contributed by atoms with Gasteiger partial charge in [-0.05, 0) is 72.6 Å². The van der Waals surface area contributed by atoms with E-state index in [4.69, 9.17) is 9.47 Å². The van der Waals surface area contributed by atoms with Gasteiger partial charge in [0.05, 0.1) is 12.0 Å². The van der Waals surface area contributed by atoms with Crippen molar-refractivity contribution in [2.24, 2.45) is 0 Å². The number of amides is 1. The molecule has 1 unspecified atom stereocenters. The van der Waals surface area contributed by atoms with Gasteiger partial charge >= 0.3 is 0 Å². The van der Waals surface area contributed by atoms with Crippen molar-refractivity contribution in [2.75, 3.05) is 12.4 Å². The van der Waals surface area contributed by atoms with Gasteiger partial charge < -0.3 is 14.8 Å². The van der Waals surface area contributed by atoms with Gasteiger partial charge in [0.2, 0.25) is 15.9 Å². The first-order valence-corrected chi connectivity index (χ1v) is 12.8. The molecule has 1 amide bonds. The molecule has 0 aromatic heterocycles. The first kappa shape index (κ1) is 25.0. The smallest absolute Gasteiger partial charge is 0.242 e. The maximum absolute atomic E-state index is 13.2. The Kier molecular flexibility index (Phi) is 7.99. The number of carbonyl (C=O) groups is 1. The first-order chi connectivity index (χ1) is 17.4. The van der Waals surface area contributed by atoms with Crippen molar-refractivity contribution in [3.63, 3.8) is 0 Å². The average Bonchev–Trinajstić information content (AvgIpc) is 2.90. The number of carbonyl (C=O) groups excluding carboxylic acids is 1. The van der Waals surface area contributed by atoms with Gasteiger partial charge in [-0.3, -0.25) is 4.79 Å². The second-order valence-electron chi connectivity index (χ2n) is 7.97. The first-order valence-electron chi connectivity index (χ1n) is 11.3. The predicted octanol–water partition coefficient (Wildman–Crippen LogP) is 5.02. The van der Waals surface area contributed by atoms with Gasteiger partial charge in [0, 0.05) is 5.69 Å². The fourth-order valence-electron chi connectivity index (χ4n) is 3.51. The van der Waals surface area contributed by atoms with Gasteiger partial charge in [-0.1, -0.05) is 48.5 Å². The number of anilines is 1. The molecule has 8 heteroatoms. The van der Waals surface area contributed by atoms with Crippen molar-refractivity contribution in [1.29, 1.82) is 0 Å². The van der Waals surface area contributed by atoms with Crippen molar-refractivity contribution in [3.05, 3.63) is 115 Å². The lowest BCUT2D eigenvalue weighted by Crippen LogP contribution is -2.45. The van der Waals surface area contributed by atoms with Crippen molar-refractivity contribution in [1.82, 2.24) is 4.72 Å². The van der Waals surface area contributed by atoms with E-state index in [1.54, 1.807) is 36.4 Å². The summed E-state index contributed by atoms with van der Waals surface area (Å²) in [6.45, 7) is 0. The van der Waals surface area contributed by atoms with Crippen LogP contribution in [0.3, 0.4) is 0 Å². The second-order valence-corrected chi connectivity index (χ2v) is 9.68. The van der Waals surface area contributed by atoms with Crippen LogP contribution in [0.15, 0.2) is 114 Å². The normalized spacial score (nSPS) is 11.9. The lowest BCUT2D eigenvalue weighted by Gasteiger charge is -2.19. The zero-order valence-corrected chi connectivity index (χ0v) is 20.4. The van der Waals surface area contributed by atoms with E-state index in [-0.39, 0.29) is 11.3 Å². The summed E-state index contributed by atoms with van der Waals surface area (Å²) in [4.78, 5) is 13.3. The van der Waals surface area contributed by atoms with E-state index in [1.807, 2.05) is 60.7 Å². The van der Waals surface area contributed by atoms with Crippen LogP contribution in [0.1, 0.15) is 5.56 Å². The topological polar surface area (TPSA) is 93.7 Å². The predicted molar refractivity (Wildman–Crippen MR) is 139 cm³/mol. The molecule has 0 aliphatic heterocycles. The minimum absolute atomic E-state index is 0.0385. The Morgan fingerprint density at radius 1 is 0.750 bits per heavy atom. The van der Waals surface area contributed by atoms with Crippen LogP contribution in [0, 0.1) is 0 Å². The molecule has 2 N–H and O–H groups in total. The Labute approximate surface area is 210 Å². The Hall–Kier alpha value is -4.14. The third-order valence-electron chi connectivity index (χ3n) is 5.37. The summed E-state index contributed by atoms with van der Waals surface area (Å²) in [5, 5.41) is 2.80. The number of para-hydroxylation sites is 1. The quantitative estimate of drug-likeness (QED) is 0.318. The zero-order valence-electron chi connectivity index (χ0n) is 19.6. The molecule has 4 aromatic rings. The summed E-state index contributed by atoms with van der Waals surface area (Å²) in [6.07, 6.45) is 0.178. The van der Waals surface area contributed by atoms with Crippen LogP contribution < -0.4 is 19.5 Å². The lowest BCUT2D eigenvalue weighted by atomic mass is 10.1. The molecule has 0 bridgehead atoms. The molecule has 0 aliphatic rings. The zero-order chi connectivity index (χ0) is 25.4. The summed E-state index contributed by atoms with van der Waals surface area (Å²) >= 11 is 0. The molecule has 0 aliphatic carbocycles. The Morgan fingerprint density at radius 3 is 1.92 bits per heavy atom. The molecule has 4 rings (SSSR count). The molecular weight excluding hydrogens is 476 g/mol. The number of sulfonamides is 1. The number of methoxy groups -OCH3 is 1. The van der Waals surface area contributed by atoms with Gasteiger partial charge in [0.15, 0.2) is 0 Å². The lowest BCUT2D eigenvalue weighted by molar-refractivity contribution is -0.117. The summed E-state index contributed by atoms with van der Waals surface area (Å²) in [5.74, 6) is 1.37. The van der Waals surface area contributed by atoms with Crippen LogP contribution in [0.2, 0.25) is 0 Å². The monoisotopic (exact) mass is 502 g/mol. The molecule has 0 heterocycles. The van der Waals surface area contributed by atoms with E-state index < -0.39 is 22.0 Å². The van der Waals surface area contributed by atoms with Gasteiger partial charge in [0.25, 0.3) is 0 Å². The number of rotatable bonds is 10. The Bertz CT molecular complexity index is 1380. The minimum Gasteiger partial charge on any atom is -0.497 e. The molecule has 36 heavy (non-hydrogen) atoms. The van der Waals surface area contributed by atoms with E-state index in [1.165, 1.54) is 19.2 Å². The number of hydrogen-bond acceptors (Lipinski definition) is 5. The van der Waals surface area contributed by atoms with E-state index in [0.717, 1.165) is 5.56 Å². The summed E-state index contributed by atoms with van der Waals surface area (Å²) < 4.78 is 39.6. The van der Waals surface area contributed by atoms with Crippen LogP contribution >= 0.6 is 0 Å². The largest absolute Gasteiger partial charge is 0.497 e. The molecule has 7 nitrogen and oxygen atoms in total. The number of nitrogens with one attached hydrogen (secondary N) is 2. The number of hydrogen-bond donors (Lipinski definition) is 2. The van der Waals surface area contributed by atoms with E-state index >= 15 is 0 Å². The van der Waals surface area contributed by atoms with Crippen LogP contribution in [-0.4, -0.2) is 27.5 Å². The van der Waals surface area contributed by atoms with E-state index in [9.17, 15) is 13.2 Å². The second kappa shape index (κ2) is 11.5. The molecule has 0 fully saturated rings. The average molecular weight is 503 g/mol. The van der Waals surface area contributed by atoms with Gasteiger partial charge in [-0.25, -0.2) is 8.42 Å². The molecule has 4 aromatic carbocycles.